The van der Waals surface area contributed by atoms with E-state index in [1.807, 2.05) is 30.3 Å². The third-order valence-electron chi connectivity index (χ3n) is 6.65. The van der Waals surface area contributed by atoms with E-state index in [1.54, 1.807) is 54.2 Å². The number of thioether (sulfide) groups is 1. The summed E-state index contributed by atoms with van der Waals surface area (Å²) in [6, 6.07) is 21.4. The van der Waals surface area contributed by atoms with E-state index in [4.69, 9.17) is 19.7 Å². The van der Waals surface area contributed by atoms with Crippen molar-refractivity contribution in [2.75, 3.05) is 11.1 Å². The van der Waals surface area contributed by atoms with Crippen LogP contribution in [-0.2, 0) is 25.7 Å². The number of carboxylic acid groups (broad SMARTS) is 2. The standard InChI is InChI=1S/C30H31NO8S/c1-18-25(17-40-24-11-9-21(10-12-24)29(36)37)38-30(39-28(18)20-7-5-19(16-32)6-8-20)22-3-2-4-23(15-22)31-26(33)13-14-27(34)35/h2-12,15,18,25,28,30,32H,13-14,16-17H2,1H3,(H,31,33)(H,34,35)(H,36,37)/t18-,25+,28+,30+/m1/s1. The lowest BCUT2D eigenvalue weighted by Crippen LogP contribution is -2.38. The van der Waals surface area contributed by atoms with Crippen molar-refractivity contribution in [1.29, 1.82) is 0 Å². The second-order valence-corrected chi connectivity index (χ2v) is 10.6. The van der Waals surface area contributed by atoms with Crippen LogP contribution in [0.25, 0.3) is 0 Å². The van der Waals surface area contributed by atoms with E-state index in [2.05, 4.69) is 12.2 Å². The smallest absolute Gasteiger partial charge is 0.335 e. The van der Waals surface area contributed by atoms with E-state index in [9.17, 15) is 19.5 Å². The lowest BCUT2D eigenvalue weighted by atomic mass is 9.91. The summed E-state index contributed by atoms with van der Waals surface area (Å²) < 4.78 is 12.9. The summed E-state index contributed by atoms with van der Waals surface area (Å²) in [5.74, 6) is -1.87. The van der Waals surface area contributed by atoms with Gasteiger partial charge in [0, 0.05) is 34.2 Å². The number of aliphatic hydroxyl groups is 1. The van der Waals surface area contributed by atoms with E-state index in [-0.39, 0.29) is 43.1 Å². The van der Waals surface area contributed by atoms with Gasteiger partial charge in [-0.2, -0.15) is 0 Å². The Bertz CT molecular complexity index is 1330. The first-order valence-electron chi connectivity index (χ1n) is 12.8. The predicted octanol–water partition coefficient (Wildman–Crippen LogP) is 5.26. The maximum atomic E-state index is 12.2. The molecule has 0 spiro atoms. The van der Waals surface area contributed by atoms with Crippen LogP contribution in [0.5, 0.6) is 0 Å². The van der Waals surface area contributed by atoms with Crippen molar-refractivity contribution >= 4 is 35.3 Å². The second kappa shape index (κ2) is 13.6. The molecule has 1 aliphatic rings. The van der Waals surface area contributed by atoms with Crippen molar-refractivity contribution in [3.63, 3.8) is 0 Å². The predicted molar refractivity (Wildman–Crippen MR) is 149 cm³/mol. The van der Waals surface area contributed by atoms with Crippen LogP contribution in [0.4, 0.5) is 5.69 Å². The molecule has 9 nitrogen and oxygen atoms in total. The minimum absolute atomic E-state index is 0.0408. The number of anilines is 1. The molecule has 0 bridgehead atoms. The zero-order valence-electron chi connectivity index (χ0n) is 21.9. The molecule has 10 heteroatoms. The van der Waals surface area contributed by atoms with Crippen LogP contribution in [-0.4, -0.2) is 45.0 Å². The van der Waals surface area contributed by atoms with Crippen LogP contribution in [0.2, 0.25) is 0 Å². The topological polar surface area (TPSA) is 142 Å². The van der Waals surface area contributed by atoms with Crippen LogP contribution >= 0.6 is 11.8 Å². The van der Waals surface area contributed by atoms with E-state index in [1.165, 1.54) is 0 Å². The molecule has 3 aromatic rings. The Balaban J connectivity index is 1.54. The third kappa shape index (κ3) is 7.70. The van der Waals surface area contributed by atoms with Gasteiger partial charge in [-0.25, -0.2) is 4.79 Å². The number of amides is 1. The highest BCUT2D eigenvalue weighted by Crippen LogP contribution is 2.43. The molecule has 1 heterocycles. The number of ether oxygens (including phenoxy) is 2. The van der Waals surface area contributed by atoms with Gasteiger partial charge in [0.05, 0.1) is 30.8 Å². The average molecular weight is 566 g/mol. The van der Waals surface area contributed by atoms with Crippen molar-refractivity contribution in [3.8, 4) is 0 Å². The van der Waals surface area contributed by atoms with Gasteiger partial charge in [-0.15, -0.1) is 11.8 Å². The summed E-state index contributed by atoms with van der Waals surface area (Å²) >= 11 is 1.56. The van der Waals surface area contributed by atoms with Gasteiger partial charge in [0.1, 0.15) is 0 Å². The van der Waals surface area contributed by atoms with Crippen molar-refractivity contribution < 1.29 is 39.2 Å². The Hall–Kier alpha value is -3.70. The van der Waals surface area contributed by atoms with Crippen molar-refractivity contribution in [2.45, 2.75) is 49.8 Å². The highest BCUT2D eigenvalue weighted by Gasteiger charge is 2.38. The number of hydrogen-bond acceptors (Lipinski definition) is 7. The van der Waals surface area contributed by atoms with E-state index >= 15 is 0 Å². The zero-order chi connectivity index (χ0) is 28.6. The molecule has 1 amide bonds. The van der Waals surface area contributed by atoms with Crippen molar-refractivity contribution in [3.05, 3.63) is 95.1 Å². The molecule has 210 valence electrons. The normalized spacial score (nSPS) is 20.6. The monoisotopic (exact) mass is 565 g/mol. The van der Waals surface area contributed by atoms with E-state index in [0.29, 0.717) is 17.0 Å². The Kier molecular flexibility index (Phi) is 9.94. The Morgan fingerprint density at radius 1 is 0.900 bits per heavy atom. The number of aliphatic carboxylic acids is 1. The first kappa shape index (κ1) is 29.3. The van der Waals surface area contributed by atoms with E-state index < -0.39 is 24.1 Å². The summed E-state index contributed by atoms with van der Waals surface area (Å²) in [6.45, 7) is 2.00. The molecule has 0 saturated carbocycles. The summed E-state index contributed by atoms with van der Waals surface area (Å²) in [7, 11) is 0. The number of rotatable bonds is 11. The van der Waals surface area contributed by atoms with Gasteiger partial charge < -0.3 is 30.1 Å². The lowest BCUT2D eigenvalue weighted by Gasteiger charge is -2.41. The highest BCUT2D eigenvalue weighted by molar-refractivity contribution is 7.99. The largest absolute Gasteiger partial charge is 0.481 e. The number of carboxylic acids is 2. The molecule has 0 aliphatic carbocycles. The van der Waals surface area contributed by atoms with Gasteiger partial charge in [-0.1, -0.05) is 43.3 Å². The molecular weight excluding hydrogens is 534 g/mol. The second-order valence-electron chi connectivity index (χ2n) is 9.53. The average Bonchev–Trinajstić information content (AvgIpc) is 2.96. The Morgan fingerprint density at radius 3 is 2.27 bits per heavy atom. The fraction of sp³-hybridized carbons (Fsp3) is 0.300. The maximum absolute atomic E-state index is 12.2. The maximum Gasteiger partial charge on any atom is 0.335 e. The van der Waals surface area contributed by atoms with Crippen LogP contribution in [0.15, 0.2) is 77.7 Å². The van der Waals surface area contributed by atoms with Crippen LogP contribution in [0.3, 0.4) is 0 Å². The number of hydrogen-bond donors (Lipinski definition) is 4. The molecular formula is C30H31NO8S. The van der Waals surface area contributed by atoms with Crippen LogP contribution in [0.1, 0.15) is 59.2 Å². The van der Waals surface area contributed by atoms with Gasteiger partial charge >= 0.3 is 11.9 Å². The van der Waals surface area contributed by atoms with Gasteiger partial charge in [0.25, 0.3) is 0 Å². The van der Waals surface area contributed by atoms with E-state index in [0.717, 1.165) is 16.0 Å². The summed E-state index contributed by atoms with van der Waals surface area (Å²) in [5, 5.41) is 30.2. The third-order valence-corrected chi connectivity index (χ3v) is 7.75. The molecule has 0 aromatic heterocycles. The highest BCUT2D eigenvalue weighted by atomic mass is 32.2. The number of aromatic carboxylic acids is 1. The van der Waals surface area contributed by atoms with Crippen molar-refractivity contribution in [2.24, 2.45) is 5.92 Å². The molecule has 0 radical (unpaired) electrons. The summed E-state index contributed by atoms with van der Waals surface area (Å²) in [5.41, 5.74) is 3.16. The lowest BCUT2D eigenvalue weighted by molar-refractivity contribution is -0.268. The summed E-state index contributed by atoms with van der Waals surface area (Å²) in [4.78, 5) is 35.1. The van der Waals surface area contributed by atoms with Crippen LogP contribution < -0.4 is 5.32 Å². The molecule has 4 N–H and O–H groups in total. The number of aliphatic hydroxyl groups excluding tert-OH is 1. The number of carbonyl (C=O) groups excluding carboxylic acids is 1. The Labute approximate surface area is 236 Å². The van der Waals surface area contributed by atoms with Gasteiger partial charge in [0.15, 0.2) is 6.29 Å². The minimum atomic E-state index is -1.04. The number of benzene rings is 3. The molecule has 4 atom stereocenters. The molecule has 1 aliphatic heterocycles. The zero-order valence-corrected chi connectivity index (χ0v) is 22.7. The van der Waals surface area contributed by atoms with Gasteiger partial charge in [-0.3, -0.25) is 9.59 Å². The number of carbonyl (C=O) groups is 3. The fourth-order valence-corrected chi connectivity index (χ4v) is 5.46. The first-order valence-corrected chi connectivity index (χ1v) is 13.8. The first-order chi connectivity index (χ1) is 19.2. The Morgan fingerprint density at radius 2 is 1.62 bits per heavy atom. The minimum Gasteiger partial charge on any atom is -0.481 e. The van der Waals surface area contributed by atoms with Crippen molar-refractivity contribution in [1.82, 2.24) is 0 Å². The molecule has 1 saturated heterocycles. The molecule has 4 rings (SSSR count). The quantitative estimate of drug-likeness (QED) is 0.229. The molecule has 0 unspecified atom stereocenters. The SMILES string of the molecule is C[C@@H]1[C@H](CSc2ccc(C(=O)O)cc2)O[C@H](c2cccc(NC(=O)CCC(=O)O)c2)O[C@@H]1c1ccc(CO)cc1. The van der Waals surface area contributed by atoms with Gasteiger partial charge in [-0.05, 0) is 47.5 Å². The molecule has 3 aromatic carbocycles. The molecule has 40 heavy (non-hydrogen) atoms. The number of nitrogens with one attached hydrogen (secondary N) is 1. The van der Waals surface area contributed by atoms with Gasteiger partial charge in [0.2, 0.25) is 5.91 Å². The fourth-order valence-electron chi connectivity index (χ4n) is 4.39. The molecule has 1 fully saturated rings. The van der Waals surface area contributed by atoms with Crippen LogP contribution in [0, 0.1) is 5.92 Å². The summed E-state index contributed by atoms with van der Waals surface area (Å²) in [6.07, 6.45) is -1.69.